The highest BCUT2D eigenvalue weighted by Gasteiger charge is 2.45. The van der Waals surface area contributed by atoms with E-state index in [1.54, 1.807) is 0 Å². The van der Waals surface area contributed by atoms with Crippen molar-refractivity contribution >= 4 is 5.95 Å². The van der Waals surface area contributed by atoms with Crippen molar-refractivity contribution in [1.82, 2.24) is 14.5 Å². The lowest BCUT2D eigenvalue weighted by atomic mass is 10.1. The van der Waals surface area contributed by atoms with Crippen molar-refractivity contribution in [2.24, 2.45) is 5.73 Å². The van der Waals surface area contributed by atoms with Crippen LogP contribution < -0.4 is 17.2 Å². The standard InChI is InChI=1S/C8H13N5O4/c9-6-11-3-13(7(16)12-6)8(10)1-4(15)5(2-14)17-8/h3-5,14-15H,1-2,10H2,(H2,9,12,16). The molecule has 6 N–H and O–H groups in total. The second kappa shape index (κ2) is 4.04. The largest absolute Gasteiger partial charge is 0.394 e. The molecule has 1 saturated heterocycles. The Kier molecular flexibility index (Phi) is 2.83. The van der Waals surface area contributed by atoms with E-state index in [2.05, 4.69) is 9.97 Å². The van der Waals surface area contributed by atoms with Gasteiger partial charge in [0.15, 0.2) is 0 Å². The van der Waals surface area contributed by atoms with Crippen LogP contribution in [0.15, 0.2) is 11.1 Å². The maximum atomic E-state index is 11.6. The van der Waals surface area contributed by atoms with Crippen LogP contribution in [0, 0.1) is 0 Å². The number of nitrogens with zero attached hydrogens (tertiary/aromatic N) is 3. The van der Waals surface area contributed by atoms with E-state index < -0.39 is 30.4 Å². The van der Waals surface area contributed by atoms with Crippen molar-refractivity contribution in [2.75, 3.05) is 12.3 Å². The molecule has 1 fully saturated rings. The zero-order valence-corrected chi connectivity index (χ0v) is 8.85. The van der Waals surface area contributed by atoms with E-state index in [9.17, 15) is 9.90 Å². The first-order chi connectivity index (χ1) is 7.96. The van der Waals surface area contributed by atoms with E-state index in [4.69, 9.17) is 21.3 Å². The van der Waals surface area contributed by atoms with Gasteiger partial charge >= 0.3 is 5.69 Å². The van der Waals surface area contributed by atoms with Gasteiger partial charge in [-0.2, -0.15) is 4.98 Å². The summed E-state index contributed by atoms with van der Waals surface area (Å²) in [7, 11) is 0. The highest BCUT2D eigenvalue weighted by atomic mass is 16.6. The van der Waals surface area contributed by atoms with Crippen LogP contribution >= 0.6 is 0 Å². The second-order valence-corrected chi connectivity index (χ2v) is 3.82. The van der Waals surface area contributed by atoms with Crippen molar-refractivity contribution in [3.05, 3.63) is 16.8 Å². The number of anilines is 1. The highest BCUT2D eigenvalue weighted by molar-refractivity contribution is 5.10. The van der Waals surface area contributed by atoms with Crippen LogP contribution in [-0.2, 0) is 10.6 Å². The highest BCUT2D eigenvalue weighted by Crippen LogP contribution is 2.29. The second-order valence-electron chi connectivity index (χ2n) is 3.82. The van der Waals surface area contributed by atoms with Gasteiger partial charge in [0.1, 0.15) is 12.4 Å². The average molecular weight is 243 g/mol. The molecule has 2 rings (SSSR count). The van der Waals surface area contributed by atoms with E-state index >= 15 is 0 Å². The van der Waals surface area contributed by atoms with Crippen LogP contribution in [0.2, 0.25) is 0 Å². The third-order valence-electron chi connectivity index (χ3n) is 2.60. The minimum Gasteiger partial charge on any atom is -0.394 e. The maximum Gasteiger partial charge on any atom is 0.355 e. The Labute approximate surface area is 95.7 Å². The van der Waals surface area contributed by atoms with Crippen molar-refractivity contribution in [1.29, 1.82) is 0 Å². The van der Waals surface area contributed by atoms with Gasteiger partial charge in [-0.3, -0.25) is 5.73 Å². The fourth-order valence-electron chi connectivity index (χ4n) is 1.74. The summed E-state index contributed by atoms with van der Waals surface area (Å²) in [5.41, 5.74) is 10.3. The molecular formula is C8H13N5O4. The van der Waals surface area contributed by atoms with Gasteiger partial charge in [-0.15, -0.1) is 0 Å². The molecule has 0 aliphatic carbocycles. The minimum atomic E-state index is -1.57. The predicted molar refractivity (Wildman–Crippen MR) is 55.4 cm³/mol. The number of nitrogen functional groups attached to an aromatic ring is 1. The Morgan fingerprint density at radius 1 is 1.71 bits per heavy atom. The summed E-state index contributed by atoms with van der Waals surface area (Å²) < 4.78 is 6.17. The number of hydrogen-bond acceptors (Lipinski definition) is 8. The zero-order chi connectivity index (χ0) is 12.6. The number of aromatic nitrogens is 3. The molecule has 1 aromatic rings. The SMILES string of the molecule is Nc1ncn(C2(N)CC(O)C(CO)O2)c(=O)n1. The molecule has 3 unspecified atom stereocenters. The number of nitrogens with two attached hydrogens (primary N) is 2. The third kappa shape index (κ3) is 2.00. The Balaban J connectivity index is 2.37. The number of hydrogen-bond donors (Lipinski definition) is 4. The molecule has 0 aromatic carbocycles. The predicted octanol–water partition coefficient (Wildman–Crippen LogP) is -3.07. The molecule has 9 nitrogen and oxygen atoms in total. The fourth-order valence-corrected chi connectivity index (χ4v) is 1.74. The van der Waals surface area contributed by atoms with Gasteiger partial charge in [0.05, 0.1) is 12.7 Å². The molecule has 1 aliphatic rings. The van der Waals surface area contributed by atoms with Gasteiger partial charge in [-0.25, -0.2) is 14.3 Å². The van der Waals surface area contributed by atoms with E-state index in [-0.39, 0.29) is 12.4 Å². The minimum absolute atomic E-state index is 0.0502. The van der Waals surface area contributed by atoms with Gasteiger partial charge in [-0.1, -0.05) is 0 Å². The fraction of sp³-hybridized carbons (Fsp3) is 0.625. The van der Waals surface area contributed by atoms with E-state index in [0.29, 0.717) is 0 Å². The van der Waals surface area contributed by atoms with Gasteiger partial charge < -0.3 is 20.7 Å². The van der Waals surface area contributed by atoms with Crippen LogP contribution in [0.1, 0.15) is 6.42 Å². The molecule has 1 aliphatic heterocycles. The normalized spacial score (nSPS) is 32.9. The van der Waals surface area contributed by atoms with E-state index in [1.807, 2.05) is 0 Å². The van der Waals surface area contributed by atoms with Crippen LogP contribution in [0.25, 0.3) is 0 Å². The van der Waals surface area contributed by atoms with Gasteiger partial charge in [0, 0.05) is 6.42 Å². The average Bonchev–Trinajstić information content (AvgIpc) is 2.54. The van der Waals surface area contributed by atoms with Gasteiger partial charge in [0.2, 0.25) is 11.8 Å². The molecule has 9 heteroatoms. The smallest absolute Gasteiger partial charge is 0.355 e. The van der Waals surface area contributed by atoms with Crippen LogP contribution in [0.4, 0.5) is 5.95 Å². The monoisotopic (exact) mass is 243 g/mol. The third-order valence-corrected chi connectivity index (χ3v) is 2.60. The van der Waals surface area contributed by atoms with Gasteiger partial charge in [-0.05, 0) is 0 Å². The molecule has 1 aromatic heterocycles. The molecule has 0 radical (unpaired) electrons. The summed E-state index contributed by atoms with van der Waals surface area (Å²) in [6.07, 6.45) is -0.762. The molecule has 0 saturated carbocycles. The van der Waals surface area contributed by atoms with Crippen LogP contribution in [-0.4, -0.2) is 43.6 Å². The number of ether oxygens (including phenoxy) is 1. The molecule has 17 heavy (non-hydrogen) atoms. The first kappa shape index (κ1) is 11.9. The first-order valence-corrected chi connectivity index (χ1v) is 4.93. The molecule has 0 bridgehead atoms. The summed E-state index contributed by atoms with van der Waals surface area (Å²) >= 11 is 0. The van der Waals surface area contributed by atoms with Gasteiger partial charge in [0.25, 0.3) is 0 Å². The lowest BCUT2D eigenvalue weighted by Gasteiger charge is -2.25. The summed E-state index contributed by atoms with van der Waals surface area (Å²) in [6, 6.07) is 0. The first-order valence-electron chi connectivity index (χ1n) is 4.93. The quantitative estimate of drug-likeness (QED) is 0.427. The van der Waals surface area contributed by atoms with Crippen LogP contribution in [0.5, 0.6) is 0 Å². The van der Waals surface area contributed by atoms with Crippen molar-refractivity contribution < 1.29 is 14.9 Å². The summed E-state index contributed by atoms with van der Waals surface area (Å²) in [5.74, 6) is -1.75. The molecule has 3 atom stereocenters. The summed E-state index contributed by atoms with van der Waals surface area (Å²) in [4.78, 5) is 18.6. The summed E-state index contributed by atoms with van der Waals surface area (Å²) in [6.45, 7) is -0.398. The van der Waals surface area contributed by atoms with E-state index in [0.717, 1.165) is 10.9 Å². The number of rotatable bonds is 2. The Morgan fingerprint density at radius 2 is 2.41 bits per heavy atom. The Bertz CT molecular complexity index is 477. The van der Waals surface area contributed by atoms with Crippen molar-refractivity contribution in [2.45, 2.75) is 24.5 Å². The van der Waals surface area contributed by atoms with Crippen LogP contribution in [0.3, 0.4) is 0 Å². The zero-order valence-electron chi connectivity index (χ0n) is 8.85. The van der Waals surface area contributed by atoms with Crippen molar-refractivity contribution in [3.8, 4) is 0 Å². The molecule has 0 amide bonds. The molecule has 2 heterocycles. The summed E-state index contributed by atoms with van der Waals surface area (Å²) in [5, 5.41) is 18.5. The van der Waals surface area contributed by atoms with E-state index in [1.165, 1.54) is 0 Å². The lowest BCUT2D eigenvalue weighted by molar-refractivity contribution is -0.116. The Morgan fingerprint density at radius 3 is 2.94 bits per heavy atom. The maximum absolute atomic E-state index is 11.6. The molecular weight excluding hydrogens is 230 g/mol. The molecule has 0 spiro atoms. The lowest BCUT2D eigenvalue weighted by Crippen LogP contribution is -2.49. The topological polar surface area (TPSA) is 150 Å². The van der Waals surface area contributed by atoms with Crippen molar-refractivity contribution in [3.63, 3.8) is 0 Å². The Hall–Kier alpha value is -1.55. The number of aliphatic hydroxyl groups is 2. The number of aliphatic hydroxyl groups excluding tert-OH is 2. The molecule has 94 valence electrons.